The summed E-state index contributed by atoms with van der Waals surface area (Å²) in [7, 11) is -0.0164. The van der Waals surface area contributed by atoms with E-state index in [1.54, 1.807) is 18.2 Å². The van der Waals surface area contributed by atoms with Crippen molar-refractivity contribution in [2.75, 3.05) is 6.61 Å². The Bertz CT molecular complexity index is 597. The molecule has 2 aromatic carbocycles. The maximum Gasteiger partial charge on any atom is 0.188 e. The van der Waals surface area contributed by atoms with Crippen LogP contribution in [0, 0.1) is 0 Å². The molecule has 0 amide bonds. The van der Waals surface area contributed by atoms with E-state index < -0.39 is 0 Å². The maximum atomic E-state index is 12.3. The van der Waals surface area contributed by atoms with Gasteiger partial charge >= 0.3 is 0 Å². The first kappa shape index (κ1) is 18.6. The number of rotatable bonds is 5. The second-order valence-electron chi connectivity index (χ2n) is 4.01. The molecular formula is C15H13Cl2LiO2P. The summed E-state index contributed by atoms with van der Waals surface area (Å²) in [5.41, 5.74) is 0.327. The van der Waals surface area contributed by atoms with Gasteiger partial charge in [0.1, 0.15) is 5.75 Å². The minimum atomic E-state index is -0.0650. The van der Waals surface area contributed by atoms with Gasteiger partial charge in [-0.3, -0.25) is 4.79 Å². The molecule has 0 aliphatic carbocycles. The minimum Gasteiger partial charge on any atom is -0.494 e. The van der Waals surface area contributed by atoms with E-state index in [1.165, 1.54) is 0 Å². The third-order valence-corrected chi connectivity index (χ3v) is 4.34. The third-order valence-electron chi connectivity index (χ3n) is 2.61. The summed E-state index contributed by atoms with van der Waals surface area (Å²) >= 11 is 12.1. The van der Waals surface area contributed by atoms with Crippen LogP contribution in [0.3, 0.4) is 0 Å². The Hall–Kier alpha value is -0.483. The number of halogens is 2. The molecule has 0 aliphatic rings. The standard InChI is InChI=1S/C15H13Cl2O2P.Li/c1-2-19-10-6-8-11(9-7-10)20-15(18)14-12(16)4-3-5-13(14)17;/h3-9,20H,2H2,1H3;. The number of carbonyl (C=O) groups is 1. The molecule has 1 unspecified atom stereocenters. The average molecular weight is 334 g/mol. The summed E-state index contributed by atoms with van der Waals surface area (Å²) in [5, 5.41) is 1.70. The Morgan fingerprint density at radius 3 is 2.19 bits per heavy atom. The number of ether oxygens (including phenoxy) is 1. The van der Waals surface area contributed by atoms with Crippen molar-refractivity contribution in [2.45, 2.75) is 6.92 Å². The van der Waals surface area contributed by atoms with Gasteiger partial charge in [-0.2, -0.15) is 0 Å². The molecule has 1 radical (unpaired) electrons. The maximum absolute atomic E-state index is 12.3. The second kappa shape index (κ2) is 8.84. The van der Waals surface area contributed by atoms with Crippen LogP contribution in [0.25, 0.3) is 0 Å². The smallest absolute Gasteiger partial charge is 0.188 e. The van der Waals surface area contributed by atoms with E-state index in [9.17, 15) is 4.79 Å². The van der Waals surface area contributed by atoms with Crippen LogP contribution in [0.4, 0.5) is 0 Å². The van der Waals surface area contributed by atoms with Crippen LogP contribution in [0.1, 0.15) is 17.3 Å². The fraction of sp³-hybridized carbons (Fsp3) is 0.133. The van der Waals surface area contributed by atoms with E-state index in [2.05, 4.69) is 0 Å². The van der Waals surface area contributed by atoms with Crippen LogP contribution < -0.4 is 10.0 Å². The van der Waals surface area contributed by atoms with Gasteiger partial charge < -0.3 is 4.74 Å². The van der Waals surface area contributed by atoms with E-state index >= 15 is 0 Å². The molecule has 0 spiro atoms. The van der Waals surface area contributed by atoms with Crippen LogP contribution in [0.2, 0.25) is 10.0 Å². The van der Waals surface area contributed by atoms with E-state index in [4.69, 9.17) is 27.9 Å². The van der Waals surface area contributed by atoms with Crippen molar-refractivity contribution in [3.8, 4) is 5.75 Å². The van der Waals surface area contributed by atoms with Crippen LogP contribution in [-0.4, -0.2) is 31.0 Å². The zero-order valence-electron chi connectivity index (χ0n) is 11.8. The molecule has 0 saturated heterocycles. The summed E-state index contributed by atoms with van der Waals surface area (Å²) in [4.78, 5) is 12.3. The first-order valence-electron chi connectivity index (χ1n) is 6.10. The van der Waals surface area contributed by atoms with Crippen molar-refractivity contribution >= 4 is 61.5 Å². The van der Waals surface area contributed by atoms with Gasteiger partial charge in [0.05, 0.1) is 22.2 Å². The van der Waals surface area contributed by atoms with Crippen molar-refractivity contribution in [1.82, 2.24) is 0 Å². The van der Waals surface area contributed by atoms with Crippen molar-refractivity contribution < 1.29 is 9.53 Å². The summed E-state index contributed by atoms with van der Waals surface area (Å²) in [6.07, 6.45) is 0. The summed E-state index contributed by atoms with van der Waals surface area (Å²) in [6.45, 7) is 2.55. The predicted molar refractivity (Wildman–Crippen MR) is 92.1 cm³/mol. The molecule has 21 heavy (non-hydrogen) atoms. The predicted octanol–water partition coefficient (Wildman–Crippen LogP) is 4.16. The van der Waals surface area contributed by atoms with E-state index in [0.29, 0.717) is 22.2 Å². The average Bonchev–Trinajstić information content (AvgIpc) is 2.41. The molecular weight excluding hydrogens is 321 g/mol. The van der Waals surface area contributed by atoms with Gasteiger partial charge in [-0.25, -0.2) is 0 Å². The SMILES string of the molecule is CCOc1ccc(PC(=O)c2c(Cl)cccc2Cl)cc1.[Li]. The number of hydrogen-bond donors (Lipinski definition) is 0. The molecule has 0 saturated carbocycles. The van der Waals surface area contributed by atoms with Crippen molar-refractivity contribution in [3.63, 3.8) is 0 Å². The quantitative estimate of drug-likeness (QED) is 0.606. The van der Waals surface area contributed by atoms with E-state index in [0.717, 1.165) is 11.1 Å². The molecule has 2 nitrogen and oxygen atoms in total. The summed E-state index contributed by atoms with van der Waals surface area (Å²) in [5.74, 6) is 0.796. The summed E-state index contributed by atoms with van der Waals surface area (Å²) in [6, 6.07) is 12.5. The Morgan fingerprint density at radius 1 is 1.10 bits per heavy atom. The monoisotopic (exact) mass is 333 g/mol. The zero-order chi connectivity index (χ0) is 14.5. The van der Waals surface area contributed by atoms with Gasteiger partial charge in [-0.15, -0.1) is 0 Å². The number of hydrogen-bond acceptors (Lipinski definition) is 2. The fourth-order valence-corrected chi connectivity index (χ4v) is 3.43. The second-order valence-corrected chi connectivity index (χ2v) is 6.10. The van der Waals surface area contributed by atoms with Gasteiger partial charge in [0, 0.05) is 18.9 Å². The topological polar surface area (TPSA) is 26.3 Å². The van der Waals surface area contributed by atoms with Gasteiger partial charge in [0.2, 0.25) is 0 Å². The third kappa shape index (κ3) is 5.03. The molecule has 0 heterocycles. The van der Waals surface area contributed by atoms with Crippen LogP contribution >= 0.6 is 31.8 Å². The number of carbonyl (C=O) groups excluding carboxylic acids is 1. The molecule has 0 fully saturated rings. The molecule has 1 atom stereocenters. The molecule has 105 valence electrons. The summed E-state index contributed by atoms with van der Waals surface area (Å²) < 4.78 is 5.36. The first-order chi connectivity index (χ1) is 9.61. The fourth-order valence-electron chi connectivity index (χ4n) is 1.71. The first-order valence-corrected chi connectivity index (χ1v) is 7.85. The number of benzene rings is 2. The molecule has 6 heteroatoms. The minimum absolute atomic E-state index is 0. The zero-order valence-corrected chi connectivity index (χ0v) is 14.3. The van der Waals surface area contributed by atoms with Crippen molar-refractivity contribution in [2.24, 2.45) is 0 Å². The van der Waals surface area contributed by atoms with Crippen LogP contribution in [0.15, 0.2) is 42.5 Å². The van der Waals surface area contributed by atoms with Crippen molar-refractivity contribution in [3.05, 3.63) is 58.1 Å². The Labute approximate surface area is 148 Å². The van der Waals surface area contributed by atoms with Crippen LogP contribution in [0.5, 0.6) is 5.75 Å². The molecule has 2 rings (SSSR count). The molecule has 0 N–H and O–H groups in total. The van der Waals surface area contributed by atoms with Gasteiger partial charge in [0.15, 0.2) is 5.52 Å². The Morgan fingerprint density at radius 2 is 1.67 bits per heavy atom. The normalized spacial score (nSPS) is 10.4. The molecule has 0 bridgehead atoms. The van der Waals surface area contributed by atoms with Gasteiger partial charge in [0.25, 0.3) is 0 Å². The Kier molecular flexibility index (Phi) is 7.81. The molecule has 0 aromatic heterocycles. The molecule has 0 aliphatic heterocycles. The van der Waals surface area contributed by atoms with Gasteiger partial charge in [-0.1, -0.05) is 41.4 Å². The molecule has 2 aromatic rings. The Balaban J connectivity index is 0.00000220. The van der Waals surface area contributed by atoms with Gasteiger partial charge in [-0.05, 0) is 45.1 Å². The largest absolute Gasteiger partial charge is 0.494 e. The van der Waals surface area contributed by atoms with E-state index in [-0.39, 0.29) is 33.0 Å². The van der Waals surface area contributed by atoms with E-state index in [1.807, 2.05) is 31.2 Å². The van der Waals surface area contributed by atoms with Crippen LogP contribution in [-0.2, 0) is 0 Å². The van der Waals surface area contributed by atoms with Crippen molar-refractivity contribution in [1.29, 1.82) is 0 Å².